The van der Waals surface area contributed by atoms with E-state index in [-0.39, 0.29) is 0 Å². The maximum atomic E-state index is 4.58. The molecule has 1 atom stereocenters. The number of hydrogen-bond acceptors (Lipinski definition) is 4. The van der Waals surface area contributed by atoms with Crippen molar-refractivity contribution >= 4 is 11.5 Å². The molecule has 1 unspecified atom stereocenters. The van der Waals surface area contributed by atoms with Crippen LogP contribution in [-0.4, -0.2) is 40.8 Å². The third-order valence-electron chi connectivity index (χ3n) is 3.16. The highest BCUT2D eigenvalue weighted by atomic mass is 15.3. The van der Waals surface area contributed by atoms with Crippen molar-refractivity contribution in [2.45, 2.75) is 12.5 Å². The van der Waals surface area contributed by atoms with Crippen molar-refractivity contribution in [1.82, 2.24) is 19.9 Å². The molecule has 2 aromatic heterocycles. The van der Waals surface area contributed by atoms with Gasteiger partial charge in [-0.3, -0.25) is 0 Å². The highest BCUT2D eigenvalue weighted by molar-refractivity contribution is 5.48. The predicted octanol–water partition coefficient (Wildman–Crippen LogP) is 0.527. The van der Waals surface area contributed by atoms with Crippen molar-refractivity contribution in [3.8, 4) is 0 Å². The van der Waals surface area contributed by atoms with Gasteiger partial charge in [0.2, 0.25) is 0 Å². The van der Waals surface area contributed by atoms with Gasteiger partial charge in [-0.25, -0.2) is 9.50 Å². The van der Waals surface area contributed by atoms with E-state index >= 15 is 0 Å². The van der Waals surface area contributed by atoms with Crippen LogP contribution in [0.25, 0.3) is 5.65 Å². The summed E-state index contributed by atoms with van der Waals surface area (Å²) in [5, 5.41) is 7.45. The highest BCUT2D eigenvalue weighted by Crippen LogP contribution is 2.18. The Labute approximate surface area is 94.1 Å². The Morgan fingerprint density at radius 2 is 2.38 bits per heavy atom. The molecular weight excluding hydrogens is 202 g/mol. The molecule has 3 heterocycles. The Kier molecular flexibility index (Phi) is 2.25. The first-order valence-electron chi connectivity index (χ1n) is 5.59. The first-order chi connectivity index (χ1) is 7.86. The van der Waals surface area contributed by atoms with E-state index in [1.54, 1.807) is 10.7 Å². The molecular formula is C11H15N5. The molecule has 16 heavy (non-hydrogen) atoms. The van der Waals surface area contributed by atoms with Crippen LogP contribution in [0.4, 0.5) is 5.82 Å². The van der Waals surface area contributed by atoms with E-state index in [1.807, 2.05) is 25.4 Å². The van der Waals surface area contributed by atoms with Crippen LogP contribution in [0.15, 0.2) is 24.5 Å². The zero-order valence-corrected chi connectivity index (χ0v) is 9.30. The quantitative estimate of drug-likeness (QED) is 0.797. The molecule has 1 fully saturated rings. The van der Waals surface area contributed by atoms with E-state index in [4.69, 9.17) is 0 Å². The van der Waals surface area contributed by atoms with Gasteiger partial charge in [-0.05, 0) is 19.5 Å². The fourth-order valence-corrected chi connectivity index (χ4v) is 2.18. The summed E-state index contributed by atoms with van der Waals surface area (Å²) in [7, 11) is 2.02. The molecule has 3 rings (SSSR count). The van der Waals surface area contributed by atoms with Crippen molar-refractivity contribution in [3.63, 3.8) is 0 Å². The monoisotopic (exact) mass is 217 g/mol. The predicted molar refractivity (Wildman–Crippen MR) is 62.7 cm³/mol. The maximum Gasteiger partial charge on any atom is 0.157 e. The Morgan fingerprint density at radius 3 is 3.19 bits per heavy atom. The Hall–Kier alpha value is -1.62. The molecule has 5 nitrogen and oxygen atoms in total. The lowest BCUT2D eigenvalue weighted by atomic mass is 10.3. The fraction of sp³-hybridized carbons (Fsp3) is 0.455. The van der Waals surface area contributed by atoms with Crippen LogP contribution < -0.4 is 10.2 Å². The number of aromatic nitrogens is 3. The van der Waals surface area contributed by atoms with Gasteiger partial charge in [0, 0.05) is 31.4 Å². The number of anilines is 1. The molecule has 1 N–H and O–H groups in total. The second kappa shape index (κ2) is 3.75. The van der Waals surface area contributed by atoms with Crippen molar-refractivity contribution in [2.24, 2.45) is 0 Å². The lowest BCUT2D eigenvalue weighted by Crippen LogP contribution is -2.29. The Morgan fingerprint density at radius 1 is 1.44 bits per heavy atom. The molecule has 1 aliphatic rings. The normalized spacial score (nSPS) is 20.8. The average molecular weight is 217 g/mol. The van der Waals surface area contributed by atoms with Gasteiger partial charge >= 0.3 is 0 Å². The topological polar surface area (TPSA) is 45.5 Å². The number of nitrogens with one attached hydrogen (secondary N) is 1. The van der Waals surface area contributed by atoms with Gasteiger partial charge in [-0.15, -0.1) is 0 Å². The van der Waals surface area contributed by atoms with Gasteiger partial charge in [0.1, 0.15) is 5.82 Å². The van der Waals surface area contributed by atoms with E-state index in [9.17, 15) is 0 Å². The summed E-state index contributed by atoms with van der Waals surface area (Å²) in [5.74, 6) is 1.05. The molecule has 84 valence electrons. The number of likely N-dealkylation sites (N-methyl/N-ethyl adjacent to an activating group) is 1. The molecule has 0 amide bonds. The van der Waals surface area contributed by atoms with Crippen molar-refractivity contribution < 1.29 is 0 Å². The Balaban J connectivity index is 1.88. The first-order valence-corrected chi connectivity index (χ1v) is 5.59. The van der Waals surface area contributed by atoms with Crippen LogP contribution in [0.2, 0.25) is 0 Å². The van der Waals surface area contributed by atoms with Gasteiger partial charge in [0.25, 0.3) is 0 Å². The second-order valence-corrected chi connectivity index (χ2v) is 4.14. The molecule has 0 spiro atoms. The largest absolute Gasteiger partial charge is 0.355 e. The summed E-state index contributed by atoms with van der Waals surface area (Å²) >= 11 is 0. The summed E-state index contributed by atoms with van der Waals surface area (Å²) in [6, 6.07) is 4.54. The van der Waals surface area contributed by atoms with Crippen LogP contribution in [0.3, 0.4) is 0 Å². The lowest BCUT2D eigenvalue weighted by molar-refractivity contribution is 0.616. The van der Waals surface area contributed by atoms with Crippen molar-refractivity contribution in [2.75, 3.05) is 25.0 Å². The third kappa shape index (κ3) is 1.53. The third-order valence-corrected chi connectivity index (χ3v) is 3.16. The molecule has 0 radical (unpaired) electrons. The summed E-state index contributed by atoms with van der Waals surface area (Å²) < 4.78 is 1.79. The van der Waals surface area contributed by atoms with Crippen LogP contribution in [-0.2, 0) is 0 Å². The van der Waals surface area contributed by atoms with Crippen LogP contribution in [0, 0.1) is 0 Å². The van der Waals surface area contributed by atoms with Crippen molar-refractivity contribution in [1.29, 1.82) is 0 Å². The van der Waals surface area contributed by atoms with E-state index in [0.29, 0.717) is 6.04 Å². The zero-order chi connectivity index (χ0) is 11.0. The zero-order valence-electron chi connectivity index (χ0n) is 9.30. The molecule has 0 aliphatic carbocycles. The summed E-state index contributed by atoms with van der Waals surface area (Å²) in [5.41, 5.74) is 0.908. The summed E-state index contributed by atoms with van der Waals surface area (Å²) in [4.78, 5) is 6.90. The van der Waals surface area contributed by atoms with Gasteiger partial charge in [0.05, 0.1) is 6.20 Å². The minimum atomic E-state index is 0.586. The van der Waals surface area contributed by atoms with E-state index in [1.165, 1.54) is 6.42 Å². The Bertz CT molecular complexity index is 492. The second-order valence-electron chi connectivity index (χ2n) is 4.14. The molecule has 1 aliphatic heterocycles. The number of nitrogens with zero attached hydrogens (tertiary/aromatic N) is 4. The molecule has 0 bridgehead atoms. The van der Waals surface area contributed by atoms with Gasteiger partial charge in [-0.1, -0.05) is 0 Å². The van der Waals surface area contributed by atoms with Crippen LogP contribution in [0.5, 0.6) is 0 Å². The first kappa shape index (κ1) is 9.59. The SMILES string of the molecule is CNC1CCN(c2ccn3nccc3n2)C1. The minimum Gasteiger partial charge on any atom is -0.355 e. The van der Waals surface area contributed by atoms with E-state index in [2.05, 4.69) is 20.3 Å². The fourth-order valence-electron chi connectivity index (χ4n) is 2.18. The standard InChI is InChI=1S/C11H15N5/c1-12-9-3-6-15(8-9)10-4-7-16-11(14-10)2-5-13-16/h2,4-5,7,9,12H,3,6,8H2,1H3. The van der Waals surface area contributed by atoms with Gasteiger partial charge < -0.3 is 10.2 Å². The molecule has 1 saturated heterocycles. The van der Waals surface area contributed by atoms with Gasteiger partial charge in [-0.2, -0.15) is 5.10 Å². The smallest absolute Gasteiger partial charge is 0.157 e. The van der Waals surface area contributed by atoms with Gasteiger partial charge in [0.15, 0.2) is 5.65 Å². The lowest BCUT2D eigenvalue weighted by Gasteiger charge is -2.17. The highest BCUT2D eigenvalue weighted by Gasteiger charge is 2.21. The molecule has 2 aromatic rings. The molecule has 0 saturated carbocycles. The average Bonchev–Trinajstić information content (AvgIpc) is 2.96. The van der Waals surface area contributed by atoms with Crippen LogP contribution >= 0.6 is 0 Å². The summed E-state index contributed by atoms with van der Waals surface area (Å²) in [6.45, 7) is 2.11. The number of fused-ring (bicyclic) bond motifs is 1. The minimum absolute atomic E-state index is 0.586. The number of hydrogen-bond donors (Lipinski definition) is 1. The molecule has 5 heteroatoms. The van der Waals surface area contributed by atoms with E-state index < -0.39 is 0 Å². The van der Waals surface area contributed by atoms with E-state index in [0.717, 1.165) is 24.6 Å². The summed E-state index contributed by atoms with van der Waals surface area (Å²) in [6.07, 6.45) is 4.92. The van der Waals surface area contributed by atoms with Crippen LogP contribution in [0.1, 0.15) is 6.42 Å². The maximum absolute atomic E-state index is 4.58. The van der Waals surface area contributed by atoms with Crippen molar-refractivity contribution in [3.05, 3.63) is 24.5 Å². The molecule has 0 aromatic carbocycles. The number of rotatable bonds is 2.